The van der Waals surface area contributed by atoms with Crippen LogP contribution in [0.5, 0.6) is 17.2 Å². The van der Waals surface area contributed by atoms with Gasteiger partial charge in [0.15, 0.2) is 22.8 Å². The van der Waals surface area contributed by atoms with Gasteiger partial charge >= 0.3 is 5.97 Å². The van der Waals surface area contributed by atoms with Gasteiger partial charge in [0, 0.05) is 40.5 Å². The fourth-order valence-corrected chi connectivity index (χ4v) is 9.05. The number of aromatic hydroxyl groups is 2. The lowest BCUT2D eigenvalue weighted by molar-refractivity contribution is -0.171. The van der Waals surface area contributed by atoms with Crippen molar-refractivity contribution in [1.29, 1.82) is 0 Å². The molecule has 5 aliphatic rings. The molecule has 1 aromatic carbocycles. The Hall–Kier alpha value is -3.95. The number of hydrogen-bond donors (Lipinski definition) is 2. The molecule has 2 heterocycles. The molecule has 9 heteroatoms. The van der Waals surface area contributed by atoms with Crippen molar-refractivity contribution in [3.05, 3.63) is 74.9 Å². The van der Waals surface area contributed by atoms with Gasteiger partial charge in [-0.25, -0.2) is 4.79 Å². The average Bonchev–Trinajstić information content (AvgIpc) is 3.28. The van der Waals surface area contributed by atoms with Crippen molar-refractivity contribution < 1.29 is 38.8 Å². The number of unbranched alkanes of at least 4 members (excludes halogenated alkanes) is 1. The second-order valence-electron chi connectivity index (χ2n) is 16.9. The summed E-state index contributed by atoms with van der Waals surface area (Å²) in [6, 6.07) is 0. The van der Waals surface area contributed by atoms with E-state index in [1.165, 1.54) is 5.57 Å². The number of carbonyl (C=O) groups is 3. The number of esters is 1. The van der Waals surface area contributed by atoms with E-state index in [9.17, 15) is 24.6 Å². The smallest absolute Gasteiger partial charge is 0.333 e. The number of ether oxygens (including phenoxy) is 3. The summed E-state index contributed by atoms with van der Waals surface area (Å²) in [5.41, 5.74) is 0.583. The van der Waals surface area contributed by atoms with Crippen molar-refractivity contribution >= 4 is 17.5 Å². The molecule has 2 aliphatic heterocycles. The molecule has 1 spiro atoms. The molecule has 0 amide bonds. The molecule has 9 nitrogen and oxygen atoms in total. The molecule has 2 N–H and O–H groups in total. The zero-order valence-electron chi connectivity index (χ0n) is 34.8. The Balaban J connectivity index is 1.54. The lowest BCUT2D eigenvalue weighted by Crippen LogP contribution is -2.72. The Bertz CT molecular complexity index is 1850. The first-order valence-corrected chi connectivity index (χ1v) is 20.2. The molecule has 4 bridgehead atoms. The highest BCUT2D eigenvalue weighted by molar-refractivity contribution is 6.18. The zero-order valence-corrected chi connectivity index (χ0v) is 34.8. The van der Waals surface area contributed by atoms with E-state index in [-0.39, 0.29) is 53.4 Å². The van der Waals surface area contributed by atoms with Gasteiger partial charge in [-0.1, -0.05) is 60.9 Å². The van der Waals surface area contributed by atoms with Crippen molar-refractivity contribution in [2.24, 2.45) is 11.8 Å². The van der Waals surface area contributed by atoms with E-state index in [2.05, 4.69) is 38.7 Å². The maximum Gasteiger partial charge on any atom is 0.333 e. The number of carbonyl (C=O) groups excluding carboxylic acids is 3. The van der Waals surface area contributed by atoms with Gasteiger partial charge in [0.05, 0.1) is 12.2 Å². The van der Waals surface area contributed by atoms with E-state index in [1.807, 2.05) is 46.8 Å². The van der Waals surface area contributed by atoms with Gasteiger partial charge in [-0.3, -0.25) is 9.59 Å². The van der Waals surface area contributed by atoms with Crippen molar-refractivity contribution in [1.82, 2.24) is 4.90 Å². The summed E-state index contributed by atoms with van der Waals surface area (Å²) < 4.78 is 19.6. The number of rotatable bonds is 17. The Labute approximate surface area is 328 Å². The summed E-state index contributed by atoms with van der Waals surface area (Å²) >= 11 is 0. The summed E-state index contributed by atoms with van der Waals surface area (Å²) in [6.45, 7) is 23.0. The SMILES string of the molecule is CCN(CC)CCCCOC(=O)/C(C)=C\C[C@]12OC(C)(C)[C@@H]3C[C@H](C=C4C(=O)c5c(O)c(C/C=C(\C)CCC=C(C)C)c(O)c(CC=C(C)C)c5O[C@@]431)C2=O. The van der Waals surface area contributed by atoms with Crippen LogP contribution in [0.4, 0.5) is 0 Å². The minimum absolute atomic E-state index is 0.000995. The molecule has 1 saturated carbocycles. The van der Waals surface area contributed by atoms with E-state index in [4.69, 9.17) is 14.2 Å². The van der Waals surface area contributed by atoms with E-state index in [1.54, 1.807) is 19.1 Å². The summed E-state index contributed by atoms with van der Waals surface area (Å²) in [5.74, 6) is -2.46. The molecule has 55 heavy (non-hydrogen) atoms. The summed E-state index contributed by atoms with van der Waals surface area (Å²) in [4.78, 5) is 45.0. The number of hydrogen-bond acceptors (Lipinski definition) is 9. The molecular weight excluding hydrogens is 695 g/mol. The van der Waals surface area contributed by atoms with Crippen molar-refractivity contribution in [3.8, 4) is 17.2 Å². The van der Waals surface area contributed by atoms with Crippen LogP contribution in [-0.2, 0) is 31.9 Å². The van der Waals surface area contributed by atoms with Crippen molar-refractivity contribution in [2.75, 3.05) is 26.2 Å². The number of phenolic OH excluding ortho intramolecular Hbond substituents is 2. The van der Waals surface area contributed by atoms with Crippen LogP contribution in [-0.4, -0.2) is 75.7 Å². The minimum Gasteiger partial charge on any atom is -0.507 e. The fraction of sp³-hybridized carbons (Fsp3) is 0.587. The Morgan fingerprint density at radius 2 is 1.60 bits per heavy atom. The van der Waals surface area contributed by atoms with E-state index in [0.29, 0.717) is 29.7 Å². The largest absolute Gasteiger partial charge is 0.507 e. The maximum absolute atomic E-state index is 14.9. The third-order valence-corrected chi connectivity index (χ3v) is 12.2. The van der Waals surface area contributed by atoms with Crippen molar-refractivity contribution in [3.63, 3.8) is 0 Å². The van der Waals surface area contributed by atoms with Gasteiger partial charge in [-0.2, -0.15) is 0 Å². The lowest BCUT2D eigenvalue weighted by atomic mass is 9.51. The van der Waals surface area contributed by atoms with Gasteiger partial charge in [0.25, 0.3) is 0 Å². The highest BCUT2D eigenvalue weighted by Crippen LogP contribution is 2.68. The number of nitrogens with zero attached hydrogens (tertiary/aromatic N) is 1. The van der Waals surface area contributed by atoms with Crippen LogP contribution in [0.1, 0.15) is 129 Å². The summed E-state index contributed by atoms with van der Waals surface area (Å²) in [7, 11) is 0. The van der Waals surface area contributed by atoms with Crippen LogP contribution in [0.2, 0.25) is 0 Å². The Morgan fingerprint density at radius 3 is 2.25 bits per heavy atom. The average molecular weight is 758 g/mol. The number of ketones is 2. The third kappa shape index (κ3) is 7.76. The Kier molecular flexibility index (Phi) is 12.8. The van der Waals surface area contributed by atoms with Crippen LogP contribution in [0, 0.1) is 11.8 Å². The fourth-order valence-electron chi connectivity index (χ4n) is 9.05. The topological polar surface area (TPSA) is 123 Å². The second kappa shape index (κ2) is 16.6. The molecule has 6 rings (SSSR count). The lowest BCUT2D eigenvalue weighted by Gasteiger charge is -2.56. The first-order valence-electron chi connectivity index (χ1n) is 20.2. The molecule has 1 aromatic rings. The van der Waals surface area contributed by atoms with Crippen LogP contribution in [0.15, 0.2) is 58.2 Å². The van der Waals surface area contributed by atoms with Crippen LogP contribution in [0.3, 0.4) is 0 Å². The quantitative estimate of drug-likeness (QED) is 0.0695. The molecule has 4 atom stereocenters. The normalized spacial score (nSPS) is 25.0. The van der Waals surface area contributed by atoms with Gasteiger partial charge in [-0.15, -0.1) is 0 Å². The van der Waals surface area contributed by atoms with Gasteiger partial charge in [0.2, 0.25) is 0 Å². The molecule has 1 saturated heterocycles. The second-order valence-corrected chi connectivity index (χ2v) is 16.9. The predicted molar refractivity (Wildman–Crippen MR) is 216 cm³/mol. The van der Waals surface area contributed by atoms with Crippen molar-refractivity contribution in [2.45, 2.75) is 137 Å². The number of allylic oxidation sites excluding steroid dienone is 7. The standard InChI is InChI=1S/C46H63NO8/c1-11-47(12-2)24-13-14-25-53-43(52)31(8)22-23-45-42(51)32-26-35-40(50)37-39(49)33(21-19-30(7)17-15-16-28(3)4)38(48)34(20-18-29(5)6)41(37)54-46(35,45)36(27-32)44(9,10)55-45/h16,18-19,22,26,32,36,48-49H,11-15,17,20-21,23-25,27H2,1-10H3/b30-19+,31-22-/t32-,36-,45+,46-/m0/s1. The molecule has 3 aliphatic carbocycles. The number of benzene rings is 1. The first kappa shape index (κ1) is 42.2. The molecular formula is C46H63NO8. The van der Waals surface area contributed by atoms with Gasteiger partial charge in [0.1, 0.15) is 22.8 Å². The predicted octanol–water partition coefficient (Wildman–Crippen LogP) is 8.85. The van der Waals surface area contributed by atoms with E-state index >= 15 is 0 Å². The van der Waals surface area contributed by atoms with Crippen LogP contribution < -0.4 is 4.74 Å². The number of phenols is 2. The van der Waals surface area contributed by atoms with Gasteiger partial charge in [-0.05, 0) is 120 Å². The van der Waals surface area contributed by atoms with E-state index in [0.717, 1.165) is 56.5 Å². The van der Waals surface area contributed by atoms with Gasteiger partial charge < -0.3 is 29.3 Å². The molecule has 0 aromatic heterocycles. The Morgan fingerprint density at radius 1 is 0.927 bits per heavy atom. The third-order valence-electron chi connectivity index (χ3n) is 12.2. The molecule has 2 fully saturated rings. The molecule has 0 radical (unpaired) electrons. The van der Waals surface area contributed by atoms with E-state index < -0.39 is 40.4 Å². The minimum atomic E-state index is -1.63. The molecule has 300 valence electrons. The first-order chi connectivity index (χ1) is 25.9. The molecule has 0 unspecified atom stereocenters. The highest BCUT2D eigenvalue weighted by atomic mass is 16.6. The van der Waals surface area contributed by atoms with Crippen LogP contribution >= 0.6 is 0 Å². The van der Waals surface area contributed by atoms with Crippen LogP contribution in [0.25, 0.3) is 0 Å². The number of fused-ring (bicyclic) bond motifs is 1. The zero-order chi connectivity index (χ0) is 40.5. The summed E-state index contributed by atoms with van der Waals surface area (Å²) in [6.07, 6.45) is 13.8. The maximum atomic E-state index is 14.9. The summed E-state index contributed by atoms with van der Waals surface area (Å²) in [5, 5.41) is 23.8. The number of Topliss-reactive ketones (excluding diaryl/α,β-unsaturated/α-hetero) is 2. The monoisotopic (exact) mass is 757 g/mol. The highest BCUT2D eigenvalue weighted by Gasteiger charge is 2.81.